The van der Waals surface area contributed by atoms with E-state index in [4.69, 9.17) is 0 Å². The van der Waals surface area contributed by atoms with Gasteiger partial charge in [-0.15, -0.1) is 0 Å². The summed E-state index contributed by atoms with van der Waals surface area (Å²) in [5, 5.41) is 11.3. The van der Waals surface area contributed by atoms with Gasteiger partial charge >= 0.3 is 0 Å². The number of carbonyl (C=O) groups excluding carboxylic acids is 2. The predicted octanol–water partition coefficient (Wildman–Crippen LogP) is 4.02. The van der Waals surface area contributed by atoms with E-state index >= 15 is 0 Å². The summed E-state index contributed by atoms with van der Waals surface area (Å²) in [6.45, 7) is 5.85. The first kappa shape index (κ1) is 20.4. The Labute approximate surface area is 179 Å². The Morgan fingerprint density at radius 1 is 1.17 bits per heavy atom. The van der Waals surface area contributed by atoms with Crippen molar-refractivity contribution < 1.29 is 9.59 Å². The minimum absolute atomic E-state index is 0.0871. The number of carbonyl (C=O) groups is 2. The van der Waals surface area contributed by atoms with Crippen LogP contribution in [-0.2, 0) is 4.79 Å². The molecule has 2 aromatic heterocycles. The Kier molecular flexibility index (Phi) is 5.76. The van der Waals surface area contributed by atoms with Crippen molar-refractivity contribution in [2.45, 2.75) is 56.0 Å². The maximum Gasteiger partial charge on any atom is 0.252 e. The minimum Gasteiger partial charge on any atom is -0.349 e. The number of nitrogens with zero attached hydrogens (tertiary/aromatic N) is 3. The number of aromatic nitrogens is 3. The Balaban J connectivity index is 1.54. The van der Waals surface area contributed by atoms with E-state index in [0.717, 1.165) is 23.7 Å². The third kappa shape index (κ3) is 4.48. The fraction of sp³-hybridized carbons (Fsp3) is 0.364. The first-order valence-corrected chi connectivity index (χ1v) is 11.0. The number of rotatable bonds is 7. The quantitative estimate of drug-likeness (QED) is 0.560. The van der Waals surface area contributed by atoms with Crippen LogP contribution in [0.25, 0.3) is 10.9 Å². The summed E-state index contributed by atoms with van der Waals surface area (Å²) < 4.78 is 1.77. The predicted molar refractivity (Wildman–Crippen MR) is 119 cm³/mol. The SMILES string of the molecule is CC(Sc1cc(C(=O)NC2CC2)c2ccccc2n1)C(=O)Nc1ccnn1C(C)C. The number of benzene rings is 1. The van der Waals surface area contributed by atoms with Crippen molar-refractivity contribution >= 4 is 40.3 Å². The lowest BCUT2D eigenvalue weighted by molar-refractivity contribution is -0.115. The average molecular weight is 424 g/mol. The van der Waals surface area contributed by atoms with Crippen LogP contribution in [0.2, 0.25) is 0 Å². The molecule has 0 spiro atoms. The smallest absolute Gasteiger partial charge is 0.252 e. The molecule has 2 N–H and O–H groups in total. The standard InChI is InChI=1S/C22H25N5O2S/c1-13(2)27-19(10-11-23-27)26-21(28)14(3)30-20-12-17(22(29)24-15-8-9-15)16-6-4-5-7-18(16)25-20/h4-7,10-15H,8-9H2,1-3H3,(H,24,29)(H,26,28). The van der Waals surface area contributed by atoms with Gasteiger partial charge in [-0.05, 0) is 45.7 Å². The van der Waals surface area contributed by atoms with Crippen molar-refractivity contribution in [3.63, 3.8) is 0 Å². The van der Waals surface area contributed by atoms with E-state index in [1.54, 1.807) is 23.0 Å². The van der Waals surface area contributed by atoms with Crippen LogP contribution in [0.5, 0.6) is 0 Å². The van der Waals surface area contributed by atoms with Gasteiger partial charge in [0.25, 0.3) is 5.91 Å². The van der Waals surface area contributed by atoms with Crippen LogP contribution in [0.3, 0.4) is 0 Å². The molecule has 2 amide bonds. The number of anilines is 1. The second-order valence-electron chi connectivity index (χ2n) is 7.78. The molecule has 30 heavy (non-hydrogen) atoms. The second kappa shape index (κ2) is 8.47. The summed E-state index contributed by atoms with van der Waals surface area (Å²) in [7, 11) is 0. The maximum atomic E-state index is 12.8. The van der Waals surface area contributed by atoms with Gasteiger partial charge in [-0.2, -0.15) is 5.10 Å². The summed E-state index contributed by atoms with van der Waals surface area (Å²) >= 11 is 1.34. The molecule has 1 aliphatic carbocycles. The number of amides is 2. The number of nitrogens with one attached hydrogen (secondary N) is 2. The number of thioether (sulfide) groups is 1. The number of fused-ring (bicyclic) bond motifs is 1. The van der Waals surface area contributed by atoms with Gasteiger partial charge in [-0.1, -0.05) is 30.0 Å². The third-order valence-electron chi connectivity index (χ3n) is 4.93. The highest BCUT2D eigenvalue weighted by atomic mass is 32.2. The summed E-state index contributed by atoms with van der Waals surface area (Å²) in [6.07, 6.45) is 3.73. The lowest BCUT2D eigenvalue weighted by Gasteiger charge is -2.15. The molecule has 1 fully saturated rings. The average Bonchev–Trinajstić information content (AvgIpc) is 3.41. The highest BCUT2D eigenvalue weighted by molar-refractivity contribution is 8.00. The molecule has 0 bridgehead atoms. The molecule has 156 valence electrons. The van der Waals surface area contributed by atoms with Gasteiger partial charge < -0.3 is 10.6 Å². The number of hydrogen-bond donors (Lipinski definition) is 2. The zero-order valence-electron chi connectivity index (χ0n) is 17.3. The summed E-state index contributed by atoms with van der Waals surface area (Å²) in [5.41, 5.74) is 1.34. The van der Waals surface area contributed by atoms with E-state index < -0.39 is 5.25 Å². The van der Waals surface area contributed by atoms with Crippen LogP contribution in [0.4, 0.5) is 5.82 Å². The molecule has 3 aromatic rings. The zero-order valence-corrected chi connectivity index (χ0v) is 18.1. The highest BCUT2D eigenvalue weighted by Crippen LogP contribution is 2.29. The van der Waals surface area contributed by atoms with E-state index in [9.17, 15) is 9.59 Å². The van der Waals surface area contributed by atoms with Crippen LogP contribution in [0.15, 0.2) is 47.6 Å². The fourth-order valence-electron chi connectivity index (χ4n) is 3.18. The number of hydrogen-bond acceptors (Lipinski definition) is 5. The molecule has 8 heteroatoms. The van der Waals surface area contributed by atoms with Gasteiger partial charge in [0.15, 0.2) is 0 Å². The maximum absolute atomic E-state index is 12.8. The van der Waals surface area contributed by atoms with Crippen LogP contribution in [-0.4, -0.2) is 37.9 Å². The molecule has 0 aliphatic heterocycles. The summed E-state index contributed by atoms with van der Waals surface area (Å²) in [6, 6.07) is 11.6. The van der Waals surface area contributed by atoms with Crippen LogP contribution < -0.4 is 10.6 Å². The third-order valence-corrected chi connectivity index (χ3v) is 5.95. The molecule has 1 saturated carbocycles. The van der Waals surface area contributed by atoms with Crippen molar-refractivity contribution in [1.29, 1.82) is 0 Å². The van der Waals surface area contributed by atoms with E-state index in [-0.39, 0.29) is 23.9 Å². The van der Waals surface area contributed by atoms with E-state index in [1.807, 2.05) is 45.0 Å². The van der Waals surface area contributed by atoms with E-state index in [1.165, 1.54) is 11.8 Å². The van der Waals surface area contributed by atoms with Gasteiger partial charge in [0.1, 0.15) is 5.82 Å². The monoisotopic (exact) mass is 423 g/mol. The van der Waals surface area contributed by atoms with E-state index in [0.29, 0.717) is 16.4 Å². The topological polar surface area (TPSA) is 88.9 Å². The normalized spacial score (nSPS) is 14.7. The van der Waals surface area contributed by atoms with Gasteiger partial charge in [0, 0.05) is 23.5 Å². The second-order valence-corrected chi connectivity index (χ2v) is 9.14. The Bertz CT molecular complexity index is 1090. The van der Waals surface area contributed by atoms with Crippen LogP contribution in [0, 0.1) is 0 Å². The van der Waals surface area contributed by atoms with Crippen molar-refractivity contribution in [2.75, 3.05) is 5.32 Å². The van der Waals surface area contributed by atoms with Gasteiger partial charge in [0.05, 0.1) is 27.6 Å². The van der Waals surface area contributed by atoms with Crippen molar-refractivity contribution in [2.24, 2.45) is 0 Å². The lowest BCUT2D eigenvalue weighted by atomic mass is 10.1. The van der Waals surface area contributed by atoms with Crippen LogP contribution >= 0.6 is 11.8 Å². The van der Waals surface area contributed by atoms with Crippen molar-refractivity contribution in [3.05, 3.63) is 48.2 Å². The van der Waals surface area contributed by atoms with E-state index in [2.05, 4.69) is 20.7 Å². The highest BCUT2D eigenvalue weighted by Gasteiger charge is 2.25. The molecule has 7 nitrogen and oxygen atoms in total. The number of para-hydroxylation sites is 1. The summed E-state index contributed by atoms with van der Waals surface area (Å²) in [4.78, 5) is 30.2. The molecule has 1 atom stereocenters. The zero-order chi connectivity index (χ0) is 21.3. The molecule has 2 heterocycles. The largest absolute Gasteiger partial charge is 0.349 e. The molecule has 1 aliphatic rings. The molecule has 1 unspecified atom stereocenters. The molecular formula is C22H25N5O2S. The fourth-order valence-corrected chi connectivity index (χ4v) is 4.04. The molecule has 4 rings (SSSR count). The Morgan fingerprint density at radius 3 is 2.67 bits per heavy atom. The molecule has 0 saturated heterocycles. The molecular weight excluding hydrogens is 398 g/mol. The first-order chi connectivity index (χ1) is 14.4. The van der Waals surface area contributed by atoms with Crippen LogP contribution in [0.1, 0.15) is 50.0 Å². The summed E-state index contributed by atoms with van der Waals surface area (Å²) in [5.74, 6) is 0.440. The molecule has 1 aromatic carbocycles. The van der Waals surface area contributed by atoms with Crippen molar-refractivity contribution in [1.82, 2.24) is 20.1 Å². The number of pyridine rings is 1. The van der Waals surface area contributed by atoms with Crippen molar-refractivity contribution in [3.8, 4) is 0 Å². The van der Waals surface area contributed by atoms with Gasteiger partial charge in [-0.25, -0.2) is 9.67 Å². The Morgan fingerprint density at radius 2 is 1.93 bits per heavy atom. The molecule has 0 radical (unpaired) electrons. The van der Waals surface area contributed by atoms with Gasteiger partial charge in [0.2, 0.25) is 5.91 Å². The lowest BCUT2D eigenvalue weighted by Crippen LogP contribution is -2.26. The Hall–Kier alpha value is -2.87. The van der Waals surface area contributed by atoms with Gasteiger partial charge in [-0.3, -0.25) is 9.59 Å². The minimum atomic E-state index is -0.395. The first-order valence-electron chi connectivity index (χ1n) is 10.1.